The molecule has 1 aromatic heterocycles. The van der Waals surface area contributed by atoms with Crippen molar-refractivity contribution in [2.24, 2.45) is 7.05 Å². The highest BCUT2D eigenvalue weighted by atomic mass is 32.2. The van der Waals surface area contributed by atoms with Crippen LogP contribution in [0.15, 0.2) is 35.7 Å². The normalized spacial score (nSPS) is 11.7. The Morgan fingerprint density at radius 1 is 1.14 bits per heavy atom. The van der Waals surface area contributed by atoms with Gasteiger partial charge in [0.2, 0.25) is 15.8 Å². The molecule has 0 unspecified atom stereocenters. The maximum atomic E-state index is 12.2. The number of carbonyl (C=O) groups is 2. The largest absolute Gasteiger partial charge is 0.456 e. The lowest BCUT2D eigenvalue weighted by molar-refractivity contribution is -0.141. The SMILES string of the molecule is Cc1ccc(/C=C/S(=O)(=O)NCC(=O)OCC(=O)c2cc(C)n(C)c2C)cc1. The zero-order valence-electron chi connectivity index (χ0n) is 16.4. The monoisotopic (exact) mass is 404 g/mol. The first-order chi connectivity index (χ1) is 13.1. The summed E-state index contributed by atoms with van der Waals surface area (Å²) in [6.45, 7) is 4.61. The zero-order chi connectivity index (χ0) is 20.9. The molecular weight excluding hydrogens is 380 g/mol. The lowest BCUT2D eigenvalue weighted by Crippen LogP contribution is -2.30. The molecule has 0 aliphatic heterocycles. The highest BCUT2D eigenvalue weighted by molar-refractivity contribution is 7.92. The molecule has 2 rings (SSSR count). The van der Waals surface area contributed by atoms with E-state index in [1.54, 1.807) is 25.1 Å². The predicted octanol–water partition coefficient (Wildman–Crippen LogP) is 2.27. The van der Waals surface area contributed by atoms with Crippen LogP contribution in [0.1, 0.15) is 32.9 Å². The molecule has 1 N–H and O–H groups in total. The van der Waals surface area contributed by atoms with E-state index in [1.807, 2.05) is 37.6 Å². The number of ketones is 1. The number of hydrogen-bond acceptors (Lipinski definition) is 5. The number of carbonyl (C=O) groups excluding carboxylic acids is 2. The quantitative estimate of drug-likeness (QED) is 0.538. The Kier molecular flexibility index (Phi) is 6.93. The van der Waals surface area contributed by atoms with Crippen molar-refractivity contribution in [3.8, 4) is 0 Å². The second-order valence-corrected chi connectivity index (χ2v) is 8.16. The van der Waals surface area contributed by atoms with Crippen molar-refractivity contribution in [1.82, 2.24) is 9.29 Å². The minimum Gasteiger partial charge on any atom is -0.456 e. The van der Waals surface area contributed by atoms with E-state index in [4.69, 9.17) is 4.74 Å². The van der Waals surface area contributed by atoms with Gasteiger partial charge in [0.15, 0.2) is 6.61 Å². The molecule has 0 radical (unpaired) electrons. The maximum Gasteiger partial charge on any atom is 0.321 e. The summed E-state index contributed by atoms with van der Waals surface area (Å²) in [5, 5.41) is 0.978. The van der Waals surface area contributed by atoms with Gasteiger partial charge in [0, 0.05) is 29.4 Å². The third-order valence-electron chi connectivity index (χ3n) is 4.37. The highest BCUT2D eigenvalue weighted by Gasteiger charge is 2.16. The van der Waals surface area contributed by atoms with Crippen molar-refractivity contribution in [2.45, 2.75) is 20.8 Å². The average Bonchev–Trinajstić information content (AvgIpc) is 2.91. The molecule has 0 saturated heterocycles. The van der Waals surface area contributed by atoms with Crippen LogP contribution in [0.25, 0.3) is 6.08 Å². The van der Waals surface area contributed by atoms with Gasteiger partial charge in [0.25, 0.3) is 0 Å². The molecule has 0 bridgehead atoms. The van der Waals surface area contributed by atoms with Crippen LogP contribution in [0.2, 0.25) is 0 Å². The molecule has 1 heterocycles. The van der Waals surface area contributed by atoms with Crippen LogP contribution >= 0.6 is 0 Å². The fourth-order valence-corrected chi connectivity index (χ4v) is 3.22. The van der Waals surface area contributed by atoms with Crippen LogP contribution in [-0.4, -0.2) is 37.9 Å². The number of aryl methyl sites for hydroxylation is 2. The molecule has 0 amide bonds. The van der Waals surface area contributed by atoms with Crippen LogP contribution in [0.3, 0.4) is 0 Å². The molecule has 150 valence electrons. The van der Waals surface area contributed by atoms with E-state index >= 15 is 0 Å². The molecule has 2 aromatic rings. The Morgan fingerprint density at radius 3 is 2.36 bits per heavy atom. The lowest BCUT2D eigenvalue weighted by atomic mass is 10.1. The van der Waals surface area contributed by atoms with E-state index < -0.39 is 29.1 Å². The Bertz CT molecular complexity index is 1000. The van der Waals surface area contributed by atoms with Gasteiger partial charge in [-0.2, -0.15) is 0 Å². The van der Waals surface area contributed by atoms with Crippen molar-refractivity contribution < 1.29 is 22.7 Å². The van der Waals surface area contributed by atoms with Gasteiger partial charge in [-0.15, -0.1) is 0 Å². The minimum absolute atomic E-state index is 0.336. The van der Waals surface area contributed by atoms with Gasteiger partial charge >= 0.3 is 5.97 Å². The second kappa shape index (κ2) is 8.99. The van der Waals surface area contributed by atoms with Gasteiger partial charge in [0.1, 0.15) is 6.54 Å². The summed E-state index contributed by atoms with van der Waals surface area (Å²) in [5.74, 6) is -1.16. The van der Waals surface area contributed by atoms with E-state index in [0.717, 1.165) is 27.9 Å². The van der Waals surface area contributed by atoms with E-state index in [1.165, 1.54) is 6.08 Å². The fraction of sp³-hybridized carbons (Fsp3) is 0.300. The van der Waals surface area contributed by atoms with Crippen LogP contribution < -0.4 is 4.72 Å². The van der Waals surface area contributed by atoms with Crippen molar-refractivity contribution >= 4 is 27.9 Å². The van der Waals surface area contributed by atoms with Crippen molar-refractivity contribution in [3.63, 3.8) is 0 Å². The fourth-order valence-electron chi connectivity index (χ4n) is 2.47. The van der Waals surface area contributed by atoms with Gasteiger partial charge in [0.05, 0.1) is 0 Å². The number of benzene rings is 1. The Balaban J connectivity index is 1.84. The van der Waals surface area contributed by atoms with Crippen molar-refractivity contribution in [3.05, 3.63) is 63.8 Å². The molecule has 0 aliphatic rings. The van der Waals surface area contributed by atoms with Gasteiger partial charge in [-0.25, -0.2) is 13.1 Å². The Hall–Kier alpha value is -2.71. The molecule has 0 aliphatic carbocycles. The molecule has 0 spiro atoms. The third kappa shape index (κ3) is 5.90. The number of Topliss-reactive ketones (excluding diaryl/α,β-unsaturated/α-hetero) is 1. The molecule has 0 saturated carbocycles. The minimum atomic E-state index is -3.80. The first-order valence-electron chi connectivity index (χ1n) is 8.65. The summed E-state index contributed by atoms with van der Waals surface area (Å²) < 4.78 is 32.8. The molecule has 0 fully saturated rings. The van der Waals surface area contributed by atoms with E-state index in [-0.39, 0.29) is 5.78 Å². The van der Waals surface area contributed by atoms with E-state index in [2.05, 4.69) is 4.72 Å². The summed E-state index contributed by atoms with van der Waals surface area (Å²) in [6.07, 6.45) is 1.43. The molecule has 28 heavy (non-hydrogen) atoms. The van der Waals surface area contributed by atoms with E-state index in [0.29, 0.717) is 5.56 Å². The van der Waals surface area contributed by atoms with Crippen molar-refractivity contribution in [2.75, 3.05) is 13.2 Å². The van der Waals surface area contributed by atoms with E-state index in [9.17, 15) is 18.0 Å². The average molecular weight is 404 g/mol. The standard InChI is InChI=1S/C20H24N2O5S/c1-14-5-7-17(8-6-14)9-10-28(25,26)21-12-20(24)27-13-19(23)18-11-15(2)22(4)16(18)3/h5-11,21H,12-13H2,1-4H3/b10-9+. The molecule has 8 heteroatoms. The van der Waals surface area contributed by atoms with Gasteiger partial charge < -0.3 is 9.30 Å². The first kappa shape index (κ1) is 21.6. The number of aromatic nitrogens is 1. The number of rotatable bonds is 8. The number of sulfonamides is 1. The van der Waals surface area contributed by atoms with Crippen LogP contribution in [0.5, 0.6) is 0 Å². The smallest absolute Gasteiger partial charge is 0.321 e. The zero-order valence-corrected chi connectivity index (χ0v) is 17.2. The first-order valence-corrected chi connectivity index (χ1v) is 10.2. The Morgan fingerprint density at radius 2 is 1.79 bits per heavy atom. The molecule has 7 nitrogen and oxygen atoms in total. The number of hydrogen-bond donors (Lipinski definition) is 1. The predicted molar refractivity (Wildman–Crippen MR) is 107 cm³/mol. The van der Waals surface area contributed by atoms with Crippen LogP contribution in [0.4, 0.5) is 0 Å². The second-order valence-electron chi connectivity index (χ2n) is 6.51. The number of nitrogens with one attached hydrogen (secondary N) is 1. The summed E-state index contributed by atoms with van der Waals surface area (Å²) in [6, 6.07) is 9.03. The van der Waals surface area contributed by atoms with Gasteiger partial charge in [-0.05, 0) is 38.5 Å². The van der Waals surface area contributed by atoms with Gasteiger partial charge in [-0.3, -0.25) is 9.59 Å². The molecular formula is C20H24N2O5S. The number of nitrogens with zero attached hydrogens (tertiary/aromatic N) is 1. The Labute approximate surface area is 165 Å². The molecule has 1 aromatic carbocycles. The number of ether oxygens (including phenoxy) is 1. The third-order valence-corrected chi connectivity index (χ3v) is 5.42. The summed E-state index contributed by atoms with van der Waals surface area (Å²) in [5.41, 5.74) is 3.96. The maximum absolute atomic E-state index is 12.2. The van der Waals surface area contributed by atoms with Crippen LogP contribution in [0, 0.1) is 20.8 Å². The summed E-state index contributed by atoms with van der Waals surface area (Å²) >= 11 is 0. The lowest BCUT2D eigenvalue weighted by Gasteiger charge is -2.05. The van der Waals surface area contributed by atoms with Crippen molar-refractivity contribution in [1.29, 1.82) is 0 Å². The van der Waals surface area contributed by atoms with Gasteiger partial charge in [-0.1, -0.05) is 29.8 Å². The summed E-state index contributed by atoms with van der Waals surface area (Å²) in [4.78, 5) is 23.9. The van der Waals surface area contributed by atoms with Crippen LogP contribution in [-0.2, 0) is 26.6 Å². The summed E-state index contributed by atoms with van der Waals surface area (Å²) in [7, 11) is -1.96. The highest BCUT2D eigenvalue weighted by Crippen LogP contribution is 2.14. The number of esters is 1. The topological polar surface area (TPSA) is 94.5 Å². The molecule has 0 atom stereocenters.